The highest BCUT2D eigenvalue weighted by Gasteiger charge is 2.41. The van der Waals surface area contributed by atoms with Crippen molar-refractivity contribution in [2.24, 2.45) is 17.8 Å². The minimum Gasteiger partial charge on any atom is -0.456 e. The van der Waals surface area contributed by atoms with Crippen LogP contribution in [0.1, 0.15) is 59.3 Å². The van der Waals surface area contributed by atoms with E-state index in [9.17, 15) is 24.9 Å². The number of carbonyl (C=O) groups excluding carboxylic acids is 2. The number of carbonyl (C=O) groups is 2. The highest BCUT2D eigenvalue weighted by atomic mass is 35.5. The molecule has 2 fully saturated rings. The van der Waals surface area contributed by atoms with Gasteiger partial charge in [0, 0.05) is 12.8 Å². The lowest BCUT2D eigenvalue weighted by atomic mass is 9.88. The van der Waals surface area contributed by atoms with Crippen LogP contribution in [-0.2, 0) is 14.3 Å². The van der Waals surface area contributed by atoms with Crippen LogP contribution in [0.3, 0.4) is 0 Å². The molecule has 1 saturated carbocycles. The maximum absolute atomic E-state index is 13.0. The molecule has 1 saturated heterocycles. The molecule has 1 unspecified atom stereocenters. The molecule has 10 heteroatoms. The van der Waals surface area contributed by atoms with Crippen LogP contribution in [0.4, 0.5) is 0 Å². The van der Waals surface area contributed by atoms with E-state index in [2.05, 4.69) is 10.6 Å². The summed E-state index contributed by atoms with van der Waals surface area (Å²) in [7, 11) is 0. The Balaban J connectivity index is 2.00. The van der Waals surface area contributed by atoms with Gasteiger partial charge in [-0.1, -0.05) is 19.8 Å². The van der Waals surface area contributed by atoms with E-state index >= 15 is 0 Å². The van der Waals surface area contributed by atoms with Gasteiger partial charge in [0.15, 0.2) is 6.10 Å². The number of hydrogen-bond donors (Lipinski definition) is 5. The summed E-state index contributed by atoms with van der Waals surface area (Å²) in [5.74, 6) is 0.00585. The molecule has 1 aliphatic carbocycles. The quantitative estimate of drug-likeness (QED) is 0.153. The van der Waals surface area contributed by atoms with Crippen LogP contribution in [-0.4, -0.2) is 81.2 Å². The van der Waals surface area contributed by atoms with E-state index in [1.165, 1.54) is 26.2 Å². The predicted octanol–water partition coefficient (Wildman–Crippen LogP) is 1.63. The molecule has 5 N–H and O–H groups in total. The van der Waals surface area contributed by atoms with Crippen LogP contribution in [0.5, 0.6) is 0 Å². The zero-order valence-electron chi connectivity index (χ0n) is 20.1. The first-order valence-electron chi connectivity index (χ1n) is 12.0. The fourth-order valence-electron chi connectivity index (χ4n) is 4.66. The maximum Gasteiger partial charge on any atom is 0.303 e. The van der Waals surface area contributed by atoms with Crippen LogP contribution in [0.25, 0.3) is 0 Å². The monoisotopic (exact) mass is 508 g/mol. The molecule has 2 aliphatic rings. The molecular weight excluding hydrogens is 468 g/mol. The molecule has 0 radical (unpaired) electrons. The second kappa shape index (κ2) is 13.5. The number of amides is 1. The molecule has 192 valence electrons. The third-order valence-corrected chi connectivity index (χ3v) is 7.93. The fraction of sp³-hybridized carbons (Fsp3) is 0.913. The maximum atomic E-state index is 13.0. The summed E-state index contributed by atoms with van der Waals surface area (Å²) < 4.78 is 5.06. The average molecular weight is 509 g/mol. The summed E-state index contributed by atoms with van der Waals surface area (Å²) in [6.45, 7) is 5.35. The van der Waals surface area contributed by atoms with E-state index in [4.69, 9.17) is 16.3 Å². The minimum atomic E-state index is -1.56. The number of esters is 1. The van der Waals surface area contributed by atoms with Crippen LogP contribution in [0, 0.1) is 17.8 Å². The van der Waals surface area contributed by atoms with Crippen molar-refractivity contribution in [3.8, 4) is 0 Å². The van der Waals surface area contributed by atoms with Crippen molar-refractivity contribution in [2.75, 3.05) is 12.8 Å². The Hall–Kier alpha value is -0.580. The van der Waals surface area contributed by atoms with Gasteiger partial charge in [-0.25, -0.2) is 0 Å². The molecule has 0 aromatic carbocycles. The topological polar surface area (TPSA) is 128 Å². The molecule has 1 heterocycles. The van der Waals surface area contributed by atoms with Gasteiger partial charge in [0.25, 0.3) is 0 Å². The zero-order chi connectivity index (χ0) is 24.7. The highest BCUT2D eigenvalue weighted by Crippen LogP contribution is 2.38. The van der Waals surface area contributed by atoms with Crippen LogP contribution in [0.15, 0.2) is 0 Å². The van der Waals surface area contributed by atoms with Crippen molar-refractivity contribution in [3.63, 3.8) is 0 Å². The molecular formula is C23H41ClN2O6S. The Labute approximate surface area is 206 Å². The second-order valence-electron chi connectivity index (χ2n) is 9.67. The number of aliphatic hydroxyl groups excluding tert-OH is 3. The summed E-state index contributed by atoms with van der Waals surface area (Å²) in [6.07, 6.45) is 4.09. The lowest BCUT2D eigenvalue weighted by molar-refractivity contribution is -0.166. The van der Waals surface area contributed by atoms with Gasteiger partial charge in [0.05, 0.1) is 23.6 Å². The molecule has 0 aromatic heterocycles. The summed E-state index contributed by atoms with van der Waals surface area (Å²) in [5, 5.41) is 37.4. The van der Waals surface area contributed by atoms with Crippen molar-refractivity contribution in [1.82, 2.24) is 10.6 Å². The number of aliphatic hydroxyl groups is 3. The van der Waals surface area contributed by atoms with Gasteiger partial charge >= 0.3 is 5.97 Å². The van der Waals surface area contributed by atoms with E-state index in [-0.39, 0.29) is 11.9 Å². The third-order valence-electron chi connectivity index (χ3n) is 6.91. The molecule has 8 nitrogen and oxygen atoms in total. The Morgan fingerprint density at radius 2 is 1.70 bits per heavy atom. The summed E-state index contributed by atoms with van der Waals surface area (Å²) >= 11 is 7.37. The molecule has 33 heavy (non-hydrogen) atoms. The Bertz CT molecular complexity index is 638. The zero-order valence-corrected chi connectivity index (χ0v) is 21.6. The number of hydrogen-bond acceptors (Lipinski definition) is 8. The van der Waals surface area contributed by atoms with E-state index in [0.29, 0.717) is 5.92 Å². The number of nitrogens with one attached hydrogen (secondary N) is 2. The predicted molar refractivity (Wildman–Crippen MR) is 130 cm³/mol. The molecule has 0 bridgehead atoms. The number of halogens is 1. The van der Waals surface area contributed by atoms with Crippen molar-refractivity contribution in [2.45, 2.75) is 101 Å². The van der Waals surface area contributed by atoms with Gasteiger partial charge in [0.1, 0.15) is 11.5 Å². The van der Waals surface area contributed by atoms with Crippen LogP contribution in [0.2, 0.25) is 0 Å². The Morgan fingerprint density at radius 1 is 1.09 bits per heavy atom. The van der Waals surface area contributed by atoms with Gasteiger partial charge in [-0.05, 0) is 57.2 Å². The lowest BCUT2D eigenvalue weighted by Gasteiger charge is -2.36. The lowest BCUT2D eigenvalue weighted by Crippen LogP contribution is -2.57. The average Bonchev–Trinajstić information content (AvgIpc) is 3.61. The highest BCUT2D eigenvalue weighted by molar-refractivity contribution is 7.99. The van der Waals surface area contributed by atoms with Crippen molar-refractivity contribution in [1.29, 1.82) is 0 Å². The van der Waals surface area contributed by atoms with E-state index < -0.39 is 47.1 Å². The summed E-state index contributed by atoms with van der Waals surface area (Å²) in [5.41, 5.74) is -1.22. The fourth-order valence-corrected chi connectivity index (χ4v) is 5.44. The first-order valence-corrected chi connectivity index (χ1v) is 13.7. The minimum absolute atomic E-state index is 0.172. The van der Waals surface area contributed by atoms with Crippen LogP contribution < -0.4 is 10.6 Å². The smallest absolute Gasteiger partial charge is 0.303 e. The third kappa shape index (κ3) is 8.85. The number of alkyl halides is 1. The molecule has 0 aromatic rings. The van der Waals surface area contributed by atoms with E-state index in [0.717, 1.165) is 43.5 Å². The standard InChI is InChI=1S/C23H41ClN2O6S/c1-12(19(28)20(29)21(23(31)33-4)32-14(3)27)18(13(2)24)26-22(30)17-8-7-16(9-10-25-17)11-15-5-6-15/h12-13,15-21,23,25,28-29,31H,5-11H2,1-4H3,(H,26,30)/t12-,13+,16?,17+,18+,19+,20+,21-,23-/m1/s1. The van der Waals surface area contributed by atoms with Crippen molar-refractivity contribution >= 4 is 35.2 Å². The SMILES string of the molecule is CS[C@@H](O)[C@H](OC(C)=O)[C@@H](O)[C@@H](O)[C@H](C)[C@H](NC(=O)[C@@H]1CCC(CC2CC2)CCN1)[C@H](C)Cl. The van der Waals surface area contributed by atoms with Crippen LogP contribution >= 0.6 is 23.4 Å². The summed E-state index contributed by atoms with van der Waals surface area (Å²) in [6, 6.07) is -0.964. The van der Waals surface area contributed by atoms with Gasteiger partial charge in [0.2, 0.25) is 5.91 Å². The largest absolute Gasteiger partial charge is 0.456 e. The molecule has 9 atom stereocenters. The molecule has 1 aliphatic heterocycles. The number of rotatable bonds is 12. The van der Waals surface area contributed by atoms with Crippen molar-refractivity contribution in [3.05, 3.63) is 0 Å². The Morgan fingerprint density at radius 3 is 2.24 bits per heavy atom. The van der Waals surface area contributed by atoms with Crippen molar-refractivity contribution < 1.29 is 29.6 Å². The van der Waals surface area contributed by atoms with E-state index in [1.807, 2.05) is 0 Å². The second-order valence-corrected chi connectivity index (χ2v) is 11.3. The first-order chi connectivity index (χ1) is 15.5. The van der Waals surface area contributed by atoms with E-state index in [1.54, 1.807) is 20.1 Å². The molecule has 0 spiro atoms. The van der Waals surface area contributed by atoms with Gasteiger partial charge < -0.3 is 30.7 Å². The molecule has 1 amide bonds. The Kier molecular flexibility index (Phi) is 11.7. The number of thioether (sulfide) groups is 1. The van der Waals surface area contributed by atoms with Gasteiger partial charge in [-0.15, -0.1) is 23.4 Å². The summed E-state index contributed by atoms with van der Waals surface area (Å²) in [4.78, 5) is 24.5. The number of ether oxygens (including phenoxy) is 1. The molecule has 2 rings (SSSR count). The van der Waals surface area contributed by atoms with Gasteiger partial charge in [-0.3, -0.25) is 9.59 Å². The normalized spacial score (nSPS) is 27.9. The van der Waals surface area contributed by atoms with Gasteiger partial charge in [-0.2, -0.15) is 0 Å². The first kappa shape index (κ1) is 28.7.